The molecule has 1 aromatic heterocycles. The number of hydrogen-bond acceptors (Lipinski definition) is 6. The van der Waals surface area contributed by atoms with Gasteiger partial charge in [-0.15, -0.1) is 0 Å². The number of benzene rings is 2. The number of hydrogen-bond donors (Lipinski definition) is 2. The van der Waals surface area contributed by atoms with Gasteiger partial charge in [-0.2, -0.15) is 0 Å². The molecule has 2 aromatic carbocycles. The third-order valence-corrected chi connectivity index (χ3v) is 6.70. The summed E-state index contributed by atoms with van der Waals surface area (Å²) in [5.74, 6) is -0.403. The molecule has 1 unspecified atom stereocenters. The zero-order chi connectivity index (χ0) is 25.6. The van der Waals surface area contributed by atoms with Crippen molar-refractivity contribution in [1.29, 1.82) is 0 Å². The zero-order valence-electron chi connectivity index (χ0n) is 20.8. The van der Waals surface area contributed by atoms with Gasteiger partial charge in [0.2, 0.25) is 0 Å². The molecular formula is C29H29N3O4. The number of carboxylic acids is 1. The van der Waals surface area contributed by atoms with Crippen LogP contribution in [0.4, 0.5) is 5.69 Å². The van der Waals surface area contributed by atoms with Crippen molar-refractivity contribution in [3.8, 4) is 0 Å². The molecule has 0 spiro atoms. The third-order valence-electron chi connectivity index (χ3n) is 6.70. The number of allylic oxidation sites excluding steroid dienone is 1. The minimum absolute atomic E-state index is 0.0507. The predicted octanol–water partition coefficient (Wildman–Crippen LogP) is 5.28. The van der Waals surface area contributed by atoms with E-state index in [-0.39, 0.29) is 17.0 Å². The normalized spacial score (nSPS) is 15.9. The van der Waals surface area contributed by atoms with E-state index in [9.17, 15) is 14.7 Å². The van der Waals surface area contributed by atoms with Gasteiger partial charge in [-0.25, -0.2) is 4.79 Å². The number of likely N-dealkylation sites (N-methyl/N-ethyl adjacent to an activating group) is 1. The Kier molecular flexibility index (Phi) is 5.92. The monoisotopic (exact) mass is 483 g/mol. The van der Waals surface area contributed by atoms with Crippen molar-refractivity contribution < 1.29 is 14.3 Å². The molecule has 2 aliphatic heterocycles. The maximum absolute atomic E-state index is 13.4. The van der Waals surface area contributed by atoms with Gasteiger partial charge in [-0.05, 0) is 50.6 Å². The van der Waals surface area contributed by atoms with Crippen LogP contribution in [0.1, 0.15) is 45.8 Å². The highest BCUT2D eigenvalue weighted by Gasteiger charge is 2.26. The average molecular weight is 484 g/mol. The molecule has 0 fully saturated rings. The average Bonchev–Trinajstić information content (AvgIpc) is 2.81. The molecule has 0 saturated heterocycles. The van der Waals surface area contributed by atoms with Crippen molar-refractivity contribution in [3.05, 3.63) is 105 Å². The second kappa shape index (κ2) is 9.07. The molecule has 0 bridgehead atoms. The fourth-order valence-corrected chi connectivity index (χ4v) is 4.78. The molecule has 0 amide bonds. The van der Waals surface area contributed by atoms with Gasteiger partial charge in [0, 0.05) is 48.4 Å². The maximum atomic E-state index is 13.4. The molecule has 3 heterocycles. The SMILES string of the molecule is Cc1cc(C(C)Nc2ccccc2C(=O)O)c2oc(C3=CN(C4=CN(C)CC=C4)C3)c(C)c(=O)c2c1. The fourth-order valence-electron chi connectivity index (χ4n) is 4.78. The molecule has 0 radical (unpaired) electrons. The molecule has 5 rings (SSSR count). The number of carbonyl (C=O) groups is 1. The Labute approximate surface area is 209 Å². The Morgan fingerprint density at radius 1 is 1.17 bits per heavy atom. The van der Waals surface area contributed by atoms with Gasteiger partial charge in [-0.1, -0.05) is 24.3 Å². The van der Waals surface area contributed by atoms with Gasteiger partial charge in [0.1, 0.15) is 11.3 Å². The van der Waals surface area contributed by atoms with Gasteiger partial charge in [0.15, 0.2) is 5.43 Å². The molecule has 3 aromatic rings. The van der Waals surface area contributed by atoms with E-state index in [0.717, 1.165) is 28.9 Å². The minimum Gasteiger partial charge on any atom is -0.478 e. The van der Waals surface area contributed by atoms with Crippen LogP contribution in [0.2, 0.25) is 0 Å². The van der Waals surface area contributed by atoms with Gasteiger partial charge in [0.05, 0.1) is 29.2 Å². The highest BCUT2D eigenvalue weighted by Crippen LogP contribution is 2.35. The van der Waals surface area contributed by atoms with Gasteiger partial charge >= 0.3 is 5.97 Å². The standard InChI is InChI=1S/C29H29N3O4/c1-17-12-23(19(3)30-25-10-6-5-9-22(25)29(34)35)28-24(13-17)26(33)18(2)27(36-28)20-14-32(15-20)21-8-7-11-31(4)16-21/h5-10,12-14,16,19,30H,11,15H2,1-4H3,(H,34,35). The summed E-state index contributed by atoms with van der Waals surface area (Å²) >= 11 is 0. The highest BCUT2D eigenvalue weighted by molar-refractivity contribution is 5.94. The summed E-state index contributed by atoms with van der Waals surface area (Å²) in [4.78, 5) is 29.4. The number of carboxylic acid groups (broad SMARTS) is 1. The summed E-state index contributed by atoms with van der Waals surface area (Å²) in [6.45, 7) is 7.23. The molecule has 2 aliphatic rings. The zero-order valence-corrected chi connectivity index (χ0v) is 20.8. The van der Waals surface area contributed by atoms with E-state index in [1.807, 2.05) is 46.2 Å². The summed E-state index contributed by atoms with van der Waals surface area (Å²) in [7, 11) is 2.04. The number of aryl methyl sites for hydroxylation is 1. The van der Waals surface area contributed by atoms with Crippen LogP contribution in [0.5, 0.6) is 0 Å². The summed E-state index contributed by atoms with van der Waals surface area (Å²) in [6.07, 6.45) is 8.33. The molecule has 1 atom stereocenters. The number of nitrogens with zero attached hydrogens (tertiary/aromatic N) is 2. The van der Waals surface area contributed by atoms with Crippen molar-refractivity contribution in [2.24, 2.45) is 0 Å². The second-order valence-corrected chi connectivity index (χ2v) is 9.51. The third kappa shape index (κ3) is 4.17. The van der Waals surface area contributed by atoms with Crippen molar-refractivity contribution in [2.75, 3.05) is 25.5 Å². The summed E-state index contributed by atoms with van der Waals surface area (Å²) in [6, 6.07) is 10.3. The summed E-state index contributed by atoms with van der Waals surface area (Å²) in [5.41, 5.74) is 5.57. The molecular weight excluding hydrogens is 454 g/mol. The maximum Gasteiger partial charge on any atom is 0.337 e. The largest absolute Gasteiger partial charge is 0.478 e. The quantitative estimate of drug-likeness (QED) is 0.493. The van der Waals surface area contributed by atoms with E-state index in [0.29, 0.717) is 34.5 Å². The van der Waals surface area contributed by atoms with Crippen molar-refractivity contribution in [2.45, 2.75) is 26.8 Å². The Hall–Kier alpha value is -4.26. The number of nitrogens with one attached hydrogen (secondary N) is 1. The molecule has 2 N–H and O–H groups in total. The molecule has 0 aliphatic carbocycles. The number of fused-ring (bicyclic) bond motifs is 1. The Bertz CT molecular complexity index is 1530. The van der Waals surface area contributed by atoms with E-state index in [4.69, 9.17) is 4.42 Å². The van der Waals surface area contributed by atoms with E-state index in [1.165, 1.54) is 0 Å². The van der Waals surface area contributed by atoms with Crippen LogP contribution in [-0.2, 0) is 0 Å². The Balaban J connectivity index is 1.55. The first-order valence-electron chi connectivity index (χ1n) is 12.0. The van der Waals surface area contributed by atoms with E-state index >= 15 is 0 Å². The lowest BCUT2D eigenvalue weighted by Crippen LogP contribution is -2.31. The lowest BCUT2D eigenvalue weighted by atomic mass is 9.97. The lowest BCUT2D eigenvalue weighted by molar-refractivity contribution is 0.0698. The van der Waals surface area contributed by atoms with Crippen LogP contribution in [0, 0.1) is 13.8 Å². The number of aromatic carboxylic acids is 1. The van der Waals surface area contributed by atoms with Crippen molar-refractivity contribution in [3.63, 3.8) is 0 Å². The number of anilines is 1. The minimum atomic E-state index is -1.00. The van der Waals surface area contributed by atoms with Crippen LogP contribution in [0.3, 0.4) is 0 Å². The fraction of sp³-hybridized carbons (Fsp3) is 0.241. The first-order chi connectivity index (χ1) is 17.2. The lowest BCUT2D eigenvalue weighted by Gasteiger charge is -2.34. The smallest absolute Gasteiger partial charge is 0.337 e. The van der Waals surface area contributed by atoms with Crippen molar-refractivity contribution in [1.82, 2.24) is 9.80 Å². The first kappa shape index (κ1) is 23.5. The van der Waals surface area contributed by atoms with Crippen molar-refractivity contribution >= 4 is 28.2 Å². The van der Waals surface area contributed by atoms with Crippen LogP contribution < -0.4 is 10.7 Å². The van der Waals surface area contributed by atoms with E-state index in [1.54, 1.807) is 24.3 Å². The Morgan fingerprint density at radius 3 is 2.64 bits per heavy atom. The van der Waals surface area contributed by atoms with Gasteiger partial charge < -0.3 is 24.6 Å². The summed E-state index contributed by atoms with van der Waals surface area (Å²) < 4.78 is 6.46. The first-order valence-corrected chi connectivity index (χ1v) is 12.0. The highest BCUT2D eigenvalue weighted by atomic mass is 16.4. The van der Waals surface area contributed by atoms with E-state index in [2.05, 4.69) is 33.5 Å². The Morgan fingerprint density at radius 2 is 1.92 bits per heavy atom. The molecule has 36 heavy (non-hydrogen) atoms. The molecule has 184 valence electrons. The van der Waals surface area contributed by atoms with Crippen LogP contribution in [-0.4, -0.2) is 41.0 Å². The van der Waals surface area contributed by atoms with Crippen LogP contribution in [0.25, 0.3) is 16.5 Å². The molecule has 7 nitrogen and oxygen atoms in total. The number of para-hydroxylation sites is 1. The predicted molar refractivity (Wildman–Crippen MR) is 142 cm³/mol. The molecule has 0 saturated carbocycles. The summed E-state index contributed by atoms with van der Waals surface area (Å²) in [5, 5.41) is 13.4. The topological polar surface area (TPSA) is 86.0 Å². The van der Waals surface area contributed by atoms with Crippen LogP contribution >= 0.6 is 0 Å². The van der Waals surface area contributed by atoms with Crippen LogP contribution in [0.15, 0.2) is 75.9 Å². The van der Waals surface area contributed by atoms with Gasteiger partial charge in [0.25, 0.3) is 0 Å². The van der Waals surface area contributed by atoms with E-state index < -0.39 is 5.97 Å². The van der Waals surface area contributed by atoms with Gasteiger partial charge in [-0.3, -0.25) is 4.79 Å². The number of rotatable bonds is 6. The molecule has 7 heteroatoms. The second-order valence-electron chi connectivity index (χ2n) is 9.51.